The minimum atomic E-state index is -0.0371. The predicted octanol–water partition coefficient (Wildman–Crippen LogP) is 5.37. The normalized spacial score (nSPS) is 10.7. The molecule has 8 nitrogen and oxygen atoms in total. The Labute approximate surface area is 218 Å². The number of rotatable bonds is 5. The molecule has 9 heteroatoms. The first-order valence-corrected chi connectivity index (χ1v) is 12.2. The third-order valence-electron chi connectivity index (χ3n) is 6.20. The zero-order valence-corrected chi connectivity index (χ0v) is 21.2. The highest BCUT2D eigenvalue weighted by Crippen LogP contribution is 2.37. The van der Waals surface area contributed by atoms with E-state index in [1.54, 1.807) is 34.9 Å². The highest BCUT2D eigenvalue weighted by atomic mass is 32.2. The van der Waals surface area contributed by atoms with E-state index < -0.39 is 0 Å². The average molecular weight is 504 g/mol. The summed E-state index contributed by atoms with van der Waals surface area (Å²) in [6, 6.07) is 21.5. The first kappa shape index (κ1) is 23.9. The second kappa shape index (κ2) is 9.65. The van der Waals surface area contributed by atoms with E-state index in [1.807, 2.05) is 66.3 Å². The Morgan fingerprint density at radius 3 is 2.41 bits per heavy atom. The number of amides is 1. The lowest BCUT2D eigenvalue weighted by Gasteiger charge is -2.15. The summed E-state index contributed by atoms with van der Waals surface area (Å²) in [5.41, 5.74) is 6.12. The van der Waals surface area contributed by atoms with Crippen LogP contribution in [0.1, 0.15) is 23.7 Å². The molecule has 1 amide bonds. The zero-order valence-electron chi connectivity index (χ0n) is 20.4. The van der Waals surface area contributed by atoms with Crippen molar-refractivity contribution in [3.05, 3.63) is 90.0 Å². The van der Waals surface area contributed by atoms with Crippen molar-refractivity contribution in [1.29, 1.82) is 10.5 Å². The summed E-state index contributed by atoms with van der Waals surface area (Å²) in [6.07, 6.45) is 5.24. The van der Waals surface area contributed by atoms with Gasteiger partial charge in [0, 0.05) is 52.5 Å². The van der Waals surface area contributed by atoms with Gasteiger partial charge in [-0.3, -0.25) is 4.79 Å². The number of benzene rings is 2. The van der Waals surface area contributed by atoms with Crippen molar-refractivity contribution in [3.63, 3.8) is 0 Å². The number of hydrogen-bond donors (Lipinski definition) is 0. The molecule has 0 atom stereocenters. The van der Waals surface area contributed by atoms with Gasteiger partial charge in [0.15, 0.2) is 0 Å². The number of nitriles is 2. The predicted molar refractivity (Wildman–Crippen MR) is 142 cm³/mol. The molecule has 3 heterocycles. The molecule has 0 spiro atoms. The number of carbonyl (C=O) groups excluding carboxylic acids is 1. The first-order valence-electron chi connectivity index (χ1n) is 11.4. The van der Waals surface area contributed by atoms with E-state index in [-0.39, 0.29) is 5.91 Å². The molecule has 3 aromatic heterocycles. The van der Waals surface area contributed by atoms with Crippen LogP contribution in [-0.4, -0.2) is 32.3 Å². The molecular formula is C28H21N7OS. The van der Waals surface area contributed by atoms with E-state index in [0.717, 1.165) is 38.0 Å². The van der Waals surface area contributed by atoms with Crippen LogP contribution in [0, 0.1) is 29.6 Å². The van der Waals surface area contributed by atoms with Crippen LogP contribution in [0.4, 0.5) is 5.69 Å². The molecule has 0 N–H and O–H groups in total. The quantitative estimate of drug-likeness (QED) is 0.319. The van der Waals surface area contributed by atoms with Crippen molar-refractivity contribution in [3.8, 4) is 29.0 Å². The molecule has 0 saturated carbocycles. The lowest BCUT2D eigenvalue weighted by molar-refractivity contribution is -0.116. The fraction of sp³-hybridized carbons (Fsp3) is 0.107. The number of carbonyl (C=O) groups is 1. The van der Waals surface area contributed by atoms with Crippen molar-refractivity contribution in [2.45, 2.75) is 23.6 Å². The van der Waals surface area contributed by atoms with Gasteiger partial charge in [-0.15, -0.1) is 0 Å². The number of hydrogen-bond acceptors (Lipinski definition) is 6. The molecule has 180 valence electrons. The molecule has 37 heavy (non-hydrogen) atoms. The maximum atomic E-state index is 11.7. The van der Waals surface area contributed by atoms with E-state index in [2.05, 4.69) is 22.3 Å². The molecule has 0 fully saturated rings. The van der Waals surface area contributed by atoms with Crippen LogP contribution in [0.5, 0.6) is 0 Å². The molecule has 5 aromatic rings. The molecule has 2 aromatic carbocycles. The Morgan fingerprint density at radius 1 is 0.973 bits per heavy atom. The van der Waals surface area contributed by atoms with Crippen molar-refractivity contribution in [2.24, 2.45) is 0 Å². The summed E-state index contributed by atoms with van der Waals surface area (Å²) in [5, 5.41) is 28.3. The molecular weight excluding hydrogens is 482 g/mol. The van der Waals surface area contributed by atoms with E-state index >= 15 is 0 Å². The van der Waals surface area contributed by atoms with Crippen molar-refractivity contribution in [1.82, 2.24) is 19.4 Å². The summed E-state index contributed by atoms with van der Waals surface area (Å²) in [7, 11) is 1.74. The van der Waals surface area contributed by atoms with E-state index in [1.165, 1.54) is 18.7 Å². The molecule has 0 radical (unpaired) electrons. The third kappa shape index (κ3) is 4.33. The topological polar surface area (TPSA) is 103 Å². The monoisotopic (exact) mass is 503 g/mol. The van der Waals surface area contributed by atoms with Gasteiger partial charge >= 0.3 is 0 Å². The number of nitrogens with zero attached hydrogens (tertiary/aromatic N) is 7. The minimum absolute atomic E-state index is 0.0371. The summed E-state index contributed by atoms with van der Waals surface area (Å²) in [4.78, 5) is 14.9. The van der Waals surface area contributed by atoms with Gasteiger partial charge in [-0.05, 0) is 49.4 Å². The van der Waals surface area contributed by atoms with Gasteiger partial charge in [0.25, 0.3) is 0 Å². The maximum Gasteiger partial charge on any atom is 0.223 e. The fourth-order valence-electron chi connectivity index (χ4n) is 4.11. The second-order valence-electron chi connectivity index (χ2n) is 8.42. The van der Waals surface area contributed by atoms with Gasteiger partial charge in [0.1, 0.15) is 12.1 Å². The molecule has 0 aliphatic rings. The molecule has 0 unspecified atom stereocenters. The maximum absolute atomic E-state index is 11.7. The van der Waals surface area contributed by atoms with Crippen molar-refractivity contribution < 1.29 is 4.79 Å². The lowest BCUT2D eigenvalue weighted by Crippen LogP contribution is -2.22. The average Bonchev–Trinajstić information content (AvgIpc) is 3.51. The van der Waals surface area contributed by atoms with Gasteiger partial charge < -0.3 is 4.90 Å². The van der Waals surface area contributed by atoms with Gasteiger partial charge in [0.2, 0.25) is 5.91 Å². The fourth-order valence-corrected chi connectivity index (χ4v) is 5.20. The minimum Gasteiger partial charge on any atom is -0.316 e. The van der Waals surface area contributed by atoms with E-state index in [4.69, 9.17) is 0 Å². The van der Waals surface area contributed by atoms with Gasteiger partial charge in [-0.1, -0.05) is 23.9 Å². The zero-order chi connectivity index (χ0) is 26.1. The molecule has 0 aliphatic heterocycles. The molecule has 0 bridgehead atoms. The van der Waals surface area contributed by atoms with Crippen molar-refractivity contribution >= 4 is 28.9 Å². The van der Waals surface area contributed by atoms with Crippen LogP contribution < -0.4 is 4.90 Å². The Morgan fingerprint density at radius 2 is 1.70 bits per heavy atom. The van der Waals surface area contributed by atoms with Gasteiger partial charge in [-0.2, -0.15) is 20.7 Å². The Kier molecular flexibility index (Phi) is 6.22. The SMILES string of the molecule is CC(=O)N(C)c1ccc(-n2ncc(-c3cc(Sc4ccccc4C#N)c4c(C#N)cnn4c3)c2C)cc1. The van der Waals surface area contributed by atoms with Crippen LogP contribution >= 0.6 is 11.8 Å². The molecule has 0 aliphatic carbocycles. The number of fused-ring (bicyclic) bond motifs is 1. The summed E-state index contributed by atoms with van der Waals surface area (Å²) in [5.74, 6) is -0.0371. The first-order chi connectivity index (χ1) is 17.9. The summed E-state index contributed by atoms with van der Waals surface area (Å²) in [6.45, 7) is 3.52. The number of aromatic nitrogens is 4. The van der Waals surface area contributed by atoms with E-state index in [9.17, 15) is 15.3 Å². The smallest absolute Gasteiger partial charge is 0.223 e. The third-order valence-corrected chi connectivity index (χ3v) is 7.31. The molecule has 5 rings (SSSR count). The highest BCUT2D eigenvalue weighted by molar-refractivity contribution is 7.99. The number of anilines is 1. The standard InChI is InChI=1S/C28H21N7OS/c1-18-25(16-32-35(18)24-10-8-23(9-11-24)33(3)19(2)36)21-12-27(28-22(14-30)15-31-34(28)17-21)37-26-7-5-4-6-20(26)13-29/h4-12,15-17H,1-3H3. The highest BCUT2D eigenvalue weighted by Gasteiger charge is 2.17. The van der Waals surface area contributed by atoms with Crippen molar-refractivity contribution in [2.75, 3.05) is 11.9 Å². The summed E-state index contributed by atoms with van der Waals surface area (Å²) >= 11 is 1.43. The number of pyridine rings is 1. The molecule has 0 saturated heterocycles. The van der Waals surface area contributed by atoms with Crippen LogP contribution in [-0.2, 0) is 4.79 Å². The van der Waals surface area contributed by atoms with Gasteiger partial charge in [-0.25, -0.2) is 9.20 Å². The van der Waals surface area contributed by atoms with Crippen LogP contribution in [0.15, 0.2) is 83.0 Å². The van der Waals surface area contributed by atoms with Crippen LogP contribution in [0.25, 0.3) is 22.3 Å². The van der Waals surface area contributed by atoms with Gasteiger partial charge in [0.05, 0.1) is 34.7 Å². The van der Waals surface area contributed by atoms with Crippen LogP contribution in [0.2, 0.25) is 0 Å². The van der Waals surface area contributed by atoms with Crippen LogP contribution in [0.3, 0.4) is 0 Å². The second-order valence-corrected chi connectivity index (χ2v) is 9.50. The van der Waals surface area contributed by atoms with E-state index in [0.29, 0.717) is 16.6 Å². The Hall–Kier alpha value is -4.86. The largest absolute Gasteiger partial charge is 0.316 e. The summed E-state index contributed by atoms with van der Waals surface area (Å²) < 4.78 is 3.55. The Bertz CT molecular complexity index is 1740. The lowest BCUT2D eigenvalue weighted by atomic mass is 10.1. The Balaban J connectivity index is 1.58.